The van der Waals surface area contributed by atoms with Crippen LogP contribution in [0, 0.1) is 17.8 Å². The molecule has 0 aromatic rings. The summed E-state index contributed by atoms with van der Waals surface area (Å²) < 4.78 is 71.1. The van der Waals surface area contributed by atoms with Gasteiger partial charge in [0, 0.05) is 44.1 Å². The molecule has 0 aromatic heterocycles. The molecule has 0 spiro atoms. The molecular formula is C49H83NO34. The number of rotatable bonds is 25. The second-order valence-electron chi connectivity index (χ2n) is 21.9. The van der Waals surface area contributed by atoms with E-state index < -0.39 is 265 Å². The summed E-state index contributed by atoms with van der Waals surface area (Å²) in [6, 6.07) is -1.98. The van der Waals surface area contributed by atoms with Gasteiger partial charge in [-0.25, -0.2) is 9.59 Å². The van der Waals surface area contributed by atoms with Crippen LogP contribution in [0.5, 0.6) is 0 Å². The fourth-order valence-electron chi connectivity index (χ4n) is 11.0. The maximum atomic E-state index is 13.5. The molecule has 6 rings (SSSR count). The van der Waals surface area contributed by atoms with Gasteiger partial charge < -0.3 is 159 Å². The van der Waals surface area contributed by atoms with Crippen molar-refractivity contribution in [2.75, 3.05) is 46.2 Å². The second-order valence-corrected chi connectivity index (χ2v) is 21.9. The van der Waals surface area contributed by atoms with Gasteiger partial charge in [-0.15, -0.1) is 0 Å². The van der Waals surface area contributed by atoms with Crippen molar-refractivity contribution in [2.24, 2.45) is 17.8 Å². The minimum absolute atomic E-state index is 0.110. The van der Waals surface area contributed by atoms with Crippen LogP contribution in [-0.2, 0) is 71.2 Å². The molecule has 32 atom stereocenters. The first-order valence-electron chi connectivity index (χ1n) is 27.3. The molecule has 0 aromatic carbocycles. The Hall–Kier alpha value is -2.75. The van der Waals surface area contributed by atoms with Gasteiger partial charge in [0.2, 0.25) is 5.91 Å². The molecule has 6 aliphatic rings. The van der Waals surface area contributed by atoms with Crippen molar-refractivity contribution in [3.8, 4) is 0 Å². The minimum Gasteiger partial charge on any atom is -0.477 e. The van der Waals surface area contributed by atoms with Crippen LogP contribution >= 0.6 is 0 Å². The quantitative estimate of drug-likeness (QED) is 0.0404. The predicted octanol–water partition coefficient (Wildman–Crippen LogP) is -10.7. The molecule has 35 nitrogen and oxygen atoms in total. The van der Waals surface area contributed by atoms with Crippen LogP contribution in [0.15, 0.2) is 0 Å². The van der Waals surface area contributed by atoms with Crippen LogP contribution in [0.1, 0.15) is 47.5 Å². The van der Waals surface area contributed by atoms with Crippen molar-refractivity contribution in [3.63, 3.8) is 0 Å². The first-order chi connectivity index (χ1) is 39.5. The molecule has 0 bridgehead atoms. The van der Waals surface area contributed by atoms with E-state index in [-0.39, 0.29) is 6.61 Å². The molecular weight excluding hydrogens is 1150 g/mol. The van der Waals surface area contributed by atoms with Crippen molar-refractivity contribution in [3.05, 3.63) is 0 Å². The van der Waals surface area contributed by atoms with E-state index in [4.69, 9.17) is 56.8 Å². The molecule has 0 saturated carbocycles. The smallest absolute Gasteiger partial charge is 0.364 e. The Bertz CT molecular complexity index is 2110. The summed E-state index contributed by atoms with van der Waals surface area (Å²) in [6.45, 7) is -0.0795. The fraction of sp³-hybridized carbons (Fsp3) is 0.939. The van der Waals surface area contributed by atoms with E-state index in [2.05, 4.69) is 5.32 Å². The Labute approximate surface area is 479 Å². The highest BCUT2D eigenvalue weighted by atomic mass is 16.8. The minimum atomic E-state index is -3.21. The average molecular weight is 1230 g/mol. The lowest BCUT2D eigenvalue weighted by molar-refractivity contribution is -0.403. The largest absolute Gasteiger partial charge is 0.477 e. The van der Waals surface area contributed by atoms with Crippen LogP contribution in [0.25, 0.3) is 0 Å². The third kappa shape index (κ3) is 14.8. The zero-order valence-electron chi connectivity index (χ0n) is 46.3. The van der Waals surface area contributed by atoms with Crippen LogP contribution < -0.4 is 5.32 Å². The lowest BCUT2D eigenvalue weighted by atomic mass is 9.84. The number of ether oxygens (including phenoxy) is 12. The van der Waals surface area contributed by atoms with Crippen molar-refractivity contribution in [1.29, 1.82) is 0 Å². The summed E-state index contributed by atoms with van der Waals surface area (Å²) in [7, 11) is 0. The van der Waals surface area contributed by atoms with Crippen molar-refractivity contribution >= 4 is 17.8 Å². The second kappa shape index (κ2) is 29.7. The first-order valence-corrected chi connectivity index (χ1v) is 27.3. The van der Waals surface area contributed by atoms with E-state index in [1.165, 1.54) is 27.7 Å². The number of aliphatic carboxylic acids is 2. The molecule has 488 valence electrons. The lowest BCUT2D eigenvalue weighted by Gasteiger charge is -2.52. The van der Waals surface area contributed by atoms with Crippen LogP contribution in [0.3, 0.4) is 0 Å². The summed E-state index contributed by atoms with van der Waals surface area (Å²) in [6.07, 6.45) is -53.0. The van der Waals surface area contributed by atoms with E-state index in [9.17, 15) is 111 Å². The maximum absolute atomic E-state index is 13.5. The molecule has 6 fully saturated rings. The number of hydrogen-bond acceptors (Lipinski definition) is 32. The first kappa shape index (κ1) is 70.3. The molecule has 0 radical (unpaired) electrons. The highest BCUT2D eigenvalue weighted by Crippen LogP contribution is 2.43. The van der Waals surface area contributed by atoms with E-state index in [1.807, 2.05) is 0 Å². The van der Waals surface area contributed by atoms with Gasteiger partial charge in [-0.2, -0.15) is 0 Å². The maximum Gasteiger partial charge on any atom is 0.364 e. The number of nitrogens with one attached hydrogen (secondary N) is 1. The van der Waals surface area contributed by atoms with Crippen LogP contribution in [-0.4, -0.2) is 338 Å². The number of aliphatic hydroxyl groups is 17. The molecule has 6 heterocycles. The van der Waals surface area contributed by atoms with E-state index in [0.717, 1.165) is 6.92 Å². The normalized spacial score (nSPS) is 46.4. The SMILES string of the molecule is CCO[C@@H]1OC(CO)[C@H](O)[C@H](O[C@@H]2OC(CO[C@]3(C(=O)O)C[C@@H](O)[C@@H](C)C([C@H](O)[C@H](O)CO)O3)[C@@H](O)[C@H](O[C@@H]3OC(CO)[C@H](O[C@@H]4OC(CO)[C@H](O)[C@H](O)C4C)[C@H](O[C@@]4(C(=O)O)CC(O)[C@H](C)C([C@H](O)[C@H](O)CO)O4)C3O)C2NC(C)=O)C1O. The molecule has 6 aliphatic heterocycles. The van der Waals surface area contributed by atoms with Gasteiger partial charge in [-0.3, -0.25) is 4.79 Å². The van der Waals surface area contributed by atoms with Crippen LogP contribution in [0.4, 0.5) is 0 Å². The summed E-state index contributed by atoms with van der Waals surface area (Å²) in [5.41, 5.74) is 0. The standard InChI is InChI=1S/C49H83NO34/c1-6-73-44-34(67)40(32(65)24(12-54)76-44)81-43-27(50-18(5)56)39(33(66)26(78-43)14-74-48(46(69)70)7-19(57)15(2)36(82-48)29(62)21(59)9-51)80-45-35(68)41(38(25(13-55)77-45)79-42-17(4)28(61)31(64)23(11-53)75-42)84-49(47(71)72)8-20(58)16(3)37(83-49)30(63)22(60)10-52/h15-17,19-45,51-55,57-68H,6-14H2,1-5H3,(H,50,56)(H,69,70)(H,71,72)/t15-,16+,17?,19-,20?,21-,22-,23?,24?,25?,26?,27?,28-,29-,30-,31+,32+,33-,34?,35?,36?,37?,38+,39-,40+,41-,42+,43+,44-,45+,48-,49-/m1/s1. The number of carbonyl (C=O) groups is 3. The zero-order valence-corrected chi connectivity index (χ0v) is 46.3. The molecule has 0 aliphatic carbocycles. The van der Waals surface area contributed by atoms with Gasteiger partial charge in [0.05, 0.1) is 70.2 Å². The summed E-state index contributed by atoms with van der Waals surface area (Å²) in [5.74, 6) is -14.8. The highest BCUT2D eigenvalue weighted by Gasteiger charge is 2.62. The summed E-state index contributed by atoms with van der Waals surface area (Å²) in [4.78, 5) is 39.9. The topological polar surface area (TPSA) is 558 Å². The van der Waals surface area contributed by atoms with Gasteiger partial charge in [-0.1, -0.05) is 20.8 Å². The van der Waals surface area contributed by atoms with E-state index >= 15 is 0 Å². The van der Waals surface area contributed by atoms with Crippen molar-refractivity contribution in [1.82, 2.24) is 5.32 Å². The highest BCUT2D eigenvalue weighted by molar-refractivity contribution is 5.76. The number of carboxylic acid groups (broad SMARTS) is 2. The molecule has 11 unspecified atom stereocenters. The molecule has 20 N–H and O–H groups in total. The molecule has 35 heteroatoms. The van der Waals surface area contributed by atoms with Gasteiger partial charge in [-0.05, 0) is 6.92 Å². The Morgan fingerprint density at radius 1 is 0.536 bits per heavy atom. The van der Waals surface area contributed by atoms with Crippen molar-refractivity contribution < 1.29 is 168 Å². The van der Waals surface area contributed by atoms with Gasteiger partial charge in [0.1, 0.15) is 110 Å². The number of aliphatic hydroxyl groups excluding tert-OH is 17. The summed E-state index contributed by atoms with van der Waals surface area (Å²) in [5, 5.41) is 209. The summed E-state index contributed by atoms with van der Waals surface area (Å²) >= 11 is 0. The van der Waals surface area contributed by atoms with Gasteiger partial charge >= 0.3 is 11.9 Å². The van der Waals surface area contributed by atoms with E-state index in [0.29, 0.717) is 0 Å². The molecule has 6 saturated heterocycles. The fourth-order valence-corrected chi connectivity index (χ4v) is 11.0. The van der Waals surface area contributed by atoms with E-state index in [1.54, 1.807) is 0 Å². The van der Waals surface area contributed by atoms with Gasteiger partial charge in [0.15, 0.2) is 25.2 Å². The molecule has 84 heavy (non-hydrogen) atoms. The predicted molar refractivity (Wildman–Crippen MR) is 264 cm³/mol. The Kier molecular flexibility index (Phi) is 24.9. The number of amides is 1. The monoisotopic (exact) mass is 1230 g/mol. The third-order valence-electron chi connectivity index (χ3n) is 16.2. The number of hydrogen-bond donors (Lipinski definition) is 20. The van der Waals surface area contributed by atoms with Gasteiger partial charge in [0.25, 0.3) is 11.6 Å². The zero-order chi connectivity index (χ0) is 62.6. The third-order valence-corrected chi connectivity index (χ3v) is 16.2. The average Bonchev–Trinajstić information content (AvgIpc) is 3.29. The lowest BCUT2D eigenvalue weighted by Crippen LogP contribution is -2.71. The van der Waals surface area contributed by atoms with Crippen molar-refractivity contribution in [2.45, 2.75) is 225 Å². The Morgan fingerprint density at radius 3 is 1.50 bits per heavy atom. The molecule has 1 amide bonds. The Balaban J connectivity index is 1.46. The number of carboxylic acids is 2. The number of carbonyl (C=O) groups excluding carboxylic acids is 1. The Morgan fingerprint density at radius 2 is 0.988 bits per heavy atom. The van der Waals surface area contributed by atoms with Crippen LogP contribution in [0.2, 0.25) is 0 Å².